The van der Waals surface area contributed by atoms with E-state index in [0.29, 0.717) is 43.8 Å². The minimum atomic E-state index is -0.0678. The molecule has 1 aromatic rings. The van der Waals surface area contributed by atoms with Crippen molar-refractivity contribution in [1.82, 2.24) is 24.5 Å². The highest BCUT2D eigenvalue weighted by atomic mass is 35.5. The average Bonchev–Trinajstić information content (AvgIpc) is 2.85. The lowest BCUT2D eigenvalue weighted by atomic mass is 10.2. The molecule has 0 radical (unpaired) electrons. The number of carbonyl (C=O) groups is 2. The number of piperazine rings is 1. The van der Waals surface area contributed by atoms with Gasteiger partial charge in [-0.15, -0.1) is 0 Å². The smallest absolute Gasteiger partial charge is 0.246 e. The zero-order valence-corrected chi connectivity index (χ0v) is 17.7. The second-order valence-electron chi connectivity index (χ2n) is 7.64. The molecular formula is C19H30ClN5O2. The van der Waals surface area contributed by atoms with Crippen LogP contribution in [0.15, 0.2) is 6.08 Å². The van der Waals surface area contributed by atoms with Crippen molar-refractivity contribution in [2.45, 2.75) is 27.3 Å². The summed E-state index contributed by atoms with van der Waals surface area (Å²) >= 11 is 6.41. The number of nitrogens with zero attached hydrogens (tertiary/aromatic N) is 5. The fourth-order valence-corrected chi connectivity index (χ4v) is 3.34. The van der Waals surface area contributed by atoms with Crippen LogP contribution in [0, 0.1) is 12.8 Å². The first-order valence-corrected chi connectivity index (χ1v) is 9.69. The number of halogens is 1. The number of hydrogen-bond acceptors (Lipinski definition) is 4. The number of carbonyl (C=O) groups excluding carboxylic acids is 2. The number of likely N-dealkylation sites (N-methyl/N-ethyl adjacent to an activating group) is 1. The standard InChI is InChI=1S/C19H30ClN5O2/c1-14(2)12-25-19(20)16(15(3)21-25)6-7-17(26)23-8-10-24(11-9-23)18(27)13-22(4)5/h6-7,14H,8-13H2,1-5H3. The number of amides is 2. The van der Waals surface area contributed by atoms with E-state index in [0.717, 1.165) is 17.8 Å². The van der Waals surface area contributed by atoms with Crippen molar-refractivity contribution in [1.29, 1.82) is 0 Å². The van der Waals surface area contributed by atoms with Gasteiger partial charge in [-0.1, -0.05) is 25.4 Å². The van der Waals surface area contributed by atoms with Gasteiger partial charge in [0, 0.05) is 44.4 Å². The third-order valence-electron chi connectivity index (χ3n) is 4.44. The van der Waals surface area contributed by atoms with Crippen molar-refractivity contribution in [3.8, 4) is 0 Å². The lowest BCUT2D eigenvalue weighted by Gasteiger charge is -2.34. The Balaban J connectivity index is 1.95. The predicted octanol–water partition coefficient (Wildman–Crippen LogP) is 1.75. The SMILES string of the molecule is Cc1nn(CC(C)C)c(Cl)c1C=CC(=O)N1CCN(C(=O)CN(C)C)CC1. The van der Waals surface area contributed by atoms with E-state index in [1.54, 1.807) is 21.7 Å². The van der Waals surface area contributed by atoms with Gasteiger partial charge >= 0.3 is 0 Å². The van der Waals surface area contributed by atoms with Gasteiger partial charge in [-0.05, 0) is 33.0 Å². The highest BCUT2D eigenvalue weighted by molar-refractivity contribution is 6.31. The Morgan fingerprint density at radius 1 is 1.19 bits per heavy atom. The van der Waals surface area contributed by atoms with Crippen molar-refractivity contribution in [3.63, 3.8) is 0 Å². The second kappa shape index (κ2) is 9.37. The zero-order chi connectivity index (χ0) is 20.1. The van der Waals surface area contributed by atoms with Gasteiger partial charge in [0.2, 0.25) is 11.8 Å². The predicted molar refractivity (Wildman–Crippen MR) is 108 cm³/mol. The third kappa shape index (κ3) is 5.81. The van der Waals surface area contributed by atoms with Crippen LogP contribution in [0.2, 0.25) is 5.15 Å². The highest BCUT2D eigenvalue weighted by Gasteiger charge is 2.23. The third-order valence-corrected chi connectivity index (χ3v) is 4.83. The van der Waals surface area contributed by atoms with Crippen LogP contribution in [0.4, 0.5) is 0 Å². The highest BCUT2D eigenvalue weighted by Crippen LogP contribution is 2.22. The van der Waals surface area contributed by atoms with Crippen molar-refractivity contribution in [2.75, 3.05) is 46.8 Å². The van der Waals surface area contributed by atoms with Crippen LogP contribution in [-0.2, 0) is 16.1 Å². The van der Waals surface area contributed by atoms with Crippen LogP contribution in [0.3, 0.4) is 0 Å². The molecule has 2 heterocycles. The monoisotopic (exact) mass is 395 g/mol. The van der Waals surface area contributed by atoms with E-state index in [-0.39, 0.29) is 11.8 Å². The van der Waals surface area contributed by atoms with Crippen LogP contribution in [-0.4, -0.2) is 83.1 Å². The van der Waals surface area contributed by atoms with Gasteiger partial charge in [-0.3, -0.25) is 14.3 Å². The molecule has 27 heavy (non-hydrogen) atoms. The molecule has 1 aliphatic rings. The molecule has 1 saturated heterocycles. The quantitative estimate of drug-likeness (QED) is 0.688. The first-order valence-electron chi connectivity index (χ1n) is 9.31. The van der Waals surface area contributed by atoms with Crippen LogP contribution in [0.5, 0.6) is 0 Å². The van der Waals surface area contributed by atoms with Gasteiger partial charge in [0.05, 0.1) is 12.2 Å². The first-order chi connectivity index (χ1) is 12.7. The molecule has 0 spiro atoms. The Bertz CT molecular complexity index is 703. The fourth-order valence-electron chi connectivity index (χ4n) is 3.03. The van der Waals surface area contributed by atoms with Crippen molar-refractivity contribution < 1.29 is 9.59 Å². The largest absolute Gasteiger partial charge is 0.338 e. The van der Waals surface area contributed by atoms with Crippen molar-refractivity contribution in [2.24, 2.45) is 5.92 Å². The molecule has 2 amide bonds. The van der Waals surface area contributed by atoms with Gasteiger partial charge < -0.3 is 14.7 Å². The fraction of sp³-hybridized carbons (Fsp3) is 0.632. The van der Waals surface area contributed by atoms with Crippen LogP contribution in [0.25, 0.3) is 6.08 Å². The second-order valence-corrected chi connectivity index (χ2v) is 8.00. The van der Waals surface area contributed by atoms with E-state index in [4.69, 9.17) is 11.6 Å². The summed E-state index contributed by atoms with van der Waals surface area (Å²) in [6.07, 6.45) is 3.29. The molecule has 1 aliphatic heterocycles. The molecule has 8 heteroatoms. The Labute approximate surface area is 166 Å². The molecule has 0 bridgehead atoms. The zero-order valence-electron chi connectivity index (χ0n) is 16.9. The van der Waals surface area contributed by atoms with E-state index < -0.39 is 0 Å². The van der Waals surface area contributed by atoms with Gasteiger partial charge in [-0.25, -0.2) is 0 Å². The summed E-state index contributed by atoms with van der Waals surface area (Å²) < 4.78 is 1.78. The summed E-state index contributed by atoms with van der Waals surface area (Å²) in [5, 5.41) is 5.01. The summed E-state index contributed by atoms with van der Waals surface area (Å²) in [7, 11) is 3.75. The van der Waals surface area contributed by atoms with Crippen molar-refractivity contribution in [3.05, 3.63) is 22.5 Å². The lowest BCUT2D eigenvalue weighted by molar-refractivity contribution is -0.137. The summed E-state index contributed by atoms with van der Waals surface area (Å²) in [5.74, 6) is 0.469. The Hall–Kier alpha value is -1.86. The lowest BCUT2D eigenvalue weighted by Crippen LogP contribution is -2.51. The summed E-state index contributed by atoms with van der Waals surface area (Å²) in [5.41, 5.74) is 1.59. The van der Waals surface area contributed by atoms with Gasteiger partial charge in [0.1, 0.15) is 5.15 Å². The van der Waals surface area contributed by atoms with E-state index in [1.165, 1.54) is 0 Å². The van der Waals surface area contributed by atoms with E-state index >= 15 is 0 Å². The van der Waals surface area contributed by atoms with Crippen LogP contribution in [0.1, 0.15) is 25.1 Å². The Morgan fingerprint density at radius 2 is 1.78 bits per heavy atom. The topological polar surface area (TPSA) is 61.7 Å². The van der Waals surface area contributed by atoms with Crippen LogP contribution < -0.4 is 0 Å². The first kappa shape index (κ1) is 21.4. The normalized spacial score (nSPS) is 15.4. The molecule has 0 aromatic carbocycles. The number of aromatic nitrogens is 2. The summed E-state index contributed by atoms with van der Waals surface area (Å²) in [6, 6.07) is 0. The maximum absolute atomic E-state index is 12.5. The maximum Gasteiger partial charge on any atom is 0.246 e. The number of hydrogen-bond donors (Lipinski definition) is 0. The Morgan fingerprint density at radius 3 is 2.33 bits per heavy atom. The van der Waals surface area contributed by atoms with Crippen LogP contribution >= 0.6 is 11.6 Å². The van der Waals surface area contributed by atoms with Crippen molar-refractivity contribution >= 4 is 29.5 Å². The molecule has 1 fully saturated rings. The molecule has 0 N–H and O–H groups in total. The summed E-state index contributed by atoms with van der Waals surface area (Å²) in [4.78, 5) is 30.0. The Kier molecular flexibility index (Phi) is 7.44. The van der Waals surface area contributed by atoms with Gasteiger partial charge in [0.15, 0.2) is 0 Å². The molecule has 0 aliphatic carbocycles. The molecule has 7 nitrogen and oxygen atoms in total. The summed E-state index contributed by atoms with van der Waals surface area (Å²) in [6.45, 7) is 9.46. The van der Waals surface area contributed by atoms with Gasteiger partial charge in [0.25, 0.3) is 0 Å². The molecule has 1 aromatic heterocycles. The molecule has 0 unspecified atom stereocenters. The maximum atomic E-state index is 12.5. The number of aryl methyl sites for hydroxylation is 1. The molecule has 0 saturated carbocycles. The average molecular weight is 396 g/mol. The molecule has 0 atom stereocenters. The van der Waals surface area contributed by atoms with Gasteiger partial charge in [-0.2, -0.15) is 5.10 Å². The molecule has 2 rings (SSSR count). The molecular weight excluding hydrogens is 366 g/mol. The van der Waals surface area contributed by atoms with E-state index in [2.05, 4.69) is 18.9 Å². The number of rotatable bonds is 6. The minimum Gasteiger partial charge on any atom is -0.338 e. The van der Waals surface area contributed by atoms with E-state index in [1.807, 2.05) is 30.8 Å². The molecule has 150 valence electrons. The minimum absolute atomic E-state index is 0.0678. The van der Waals surface area contributed by atoms with E-state index in [9.17, 15) is 9.59 Å².